The Kier molecular flexibility index (Phi) is 4.65. The zero-order chi connectivity index (χ0) is 18.1. The van der Waals surface area contributed by atoms with Crippen LogP contribution in [0.25, 0.3) is 10.9 Å². The fourth-order valence-electron chi connectivity index (χ4n) is 3.45. The molecule has 2 N–H and O–H groups in total. The van der Waals surface area contributed by atoms with Crippen LogP contribution in [-0.4, -0.2) is 31.7 Å². The summed E-state index contributed by atoms with van der Waals surface area (Å²) in [6, 6.07) is 9.81. The molecule has 6 nitrogen and oxygen atoms in total. The number of hydrogen-bond donors (Lipinski definition) is 2. The van der Waals surface area contributed by atoms with Gasteiger partial charge in [0.05, 0.1) is 23.4 Å². The minimum Gasteiger partial charge on any atom is -0.393 e. The number of hydrogen-bond acceptors (Lipinski definition) is 6. The third kappa shape index (κ3) is 3.20. The molecular formula is C19H20N4O2S. The van der Waals surface area contributed by atoms with Crippen LogP contribution in [0.2, 0.25) is 0 Å². The molecule has 3 aromatic rings. The lowest BCUT2D eigenvalue weighted by Crippen LogP contribution is -2.41. The summed E-state index contributed by atoms with van der Waals surface area (Å²) in [6.07, 6.45) is 3.57. The number of carbonyl (C=O) groups is 1. The minimum atomic E-state index is -0.288. The smallest absolute Gasteiger partial charge is 0.265 e. The van der Waals surface area contributed by atoms with E-state index in [-0.39, 0.29) is 24.0 Å². The van der Waals surface area contributed by atoms with Gasteiger partial charge >= 0.3 is 0 Å². The molecule has 0 spiro atoms. The Morgan fingerprint density at radius 2 is 2.19 bits per heavy atom. The fourth-order valence-corrected chi connectivity index (χ4v) is 4.11. The molecule has 1 aromatic carbocycles. The van der Waals surface area contributed by atoms with Crippen molar-refractivity contribution in [1.82, 2.24) is 19.9 Å². The summed E-state index contributed by atoms with van der Waals surface area (Å²) < 4.78 is 3.90. The van der Waals surface area contributed by atoms with Crippen molar-refractivity contribution in [2.75, 3.05) is 0 Å². The van der Waals surface area contributed by atoms with Gasteiger partial charge in [0, 0.05) is 11.6 Å². The molecule has 0 radical (unpaired) electrons. The molecule has 26 heavy (non-hydrogen) atoms. The molecule has 1 aliphatic carbocycles. The fraction of sp³-hybridized carbons (Fsp3) is 0.368. The Morgan fingerprint density at radius 1 is 1.38 bits per heavy atom. The van der Waals surface area contributed by atoms with Crippen molar-refractivity contribution in [2.45, 2.75) is 38.3 Å². The van der Waals surface area contributed by atoms with Crippen LogP contribution in [-0.2, 0) is 6.42 Å². The van der Waals surface area contributed by atoms with Gasteiger partial charge in [-0.05, 0) is 54.4 Å². The van der Waals surface area contributed by atoms with Crippen molar-refractivity contribution in [3.63, 3.8) is 0 Å². The van der Waals surface area contributed by atoms with Crippen LogP contribution in [0.15, 0.2) is 36.5 Å². The first-order valence-electron chi connectivity index (χ1n) is 8.80. The van der Waals surface area contributed by atoms with E-state index < -0.39 is 0 Å². The number of para-hydroxylation sites is 1. The molecular weight excluding hydrogens is 348 g/mol. The van der Waals surface area contributed by atoms with Gasteiger partial charge in [0.15, 0.2) is 0 Å². The van der Waals surface area contributed by atoms with E-state index >= 15 is 0 Å². The first-order chi connectivity index (χ1) is 12.7. The van der Waals surface area contributed by atoms with Crippen LogP contribution in [0.3, 0.4) is 0 Å². The topological polar surface area (TPSA) is 88.0 Å². The number of fused-ring (bicyclic) bond motifs is 1. The number of aryl methyl sites for hydroxylation is 1. The van der Waals surface area contributed by atoms with Crippen LogP contribution >= 0.6 is 11.5 Å². The van der Waals surface area contributed by atoms with Gasteiger partial charge < -0.3 is 10.4 Å². The second-order valence-electron chi connectivity index (χ2n) is 6.70. The maximum atomic E-state index is 12.8. The van der Waals surface area contributed by atoms with Crippen molar-refractivity contribution in [2.24, 2.45) is 5.92 Å². The minimum absolute atomic E-state index is 0.156. The third-order valence-electron chi connectivity index (χ3n) is 4.98. The second-order valence-corrected chi connectivity index (χ2v) is 7.45. The summed E-state index contributed by atoms with van der Waals surface area (Å²) in [6.45, 7) is 1.96. The Balaban J connectivity index is 1.64. The SMILES string of the molecule is CCc1nnsc1C(=O)N[C@@H](c1cnc2ccccc2c1)C1CC(O)C1. The number of rotatable bonds is 5. The summed E-state index contributed by atoms with van der Waals surface area (Å²) in [5.41, 5.74) is 2.61. The van der Waals surface area contributed by atoms with Crippen LogP contribution in [0.5, 0.6) is 0 Å². The maximum absolute atomic E-state index is 12.8. The Hall–Kier alpha value is -2.38. The average Bonchev–Trinajstić information content (AvgIpc) is 3.12. The summed E-state index contributed by atoms with van der Waals surface area (Å²) in [5, 5.41) is 17.9. The van der Waals surface area contributed by atoms with Crippen molar-refractivity contribution >= 4 is 28.3 Å². The first kappa shape index (κ1) is 17.1. The Labute approximate surface area is 155 Å². The summed E-state index contributed by atoms with van der Waals surface area (Å²) in [5.74, 6) is 0.0410. The van der Waals surface area contributed by atoms with Gasteiger partial charge in [-0.25, -0.2) is 0 Å². The number of nitrogens with zero attached hydrogens (tertiary/aromatic N) is 3. The zero-order valence-corrected chi connectivity index (χ0v) is 15.2. The molecule has 2 heterocycles. The van der Waals surface area contributed by atoms with E-state index in [1.54, 1.807) is 0 Å². The van der Waals surface area contributed by atoms with E-state index in [1.807, 2.05) is 37.4 Å². The lowest BCUT2D eigenvalue weighted by Gasteiger charge is -2.38. The number of carbonyl (C=O) groups excluding carboxylic acids is 1. The number of benzene rings is 1. The van der Waals surface area contributed by atoms with Gasteiger partial charge in [0.25, 0.3) is 5.91 Å². The van der Waals surface area contributed by atoms with Crippen LogP contribution in [0, 0.1) is 5.92 Å². The second kappa shape index (κ2) is 7.09. The largest absolute Gasteiger partial charge is 0.393 e. The number of aromatic nitrogens is 3. The highest BCUT2D eigenvalue weighted by Crippen LogP contribution is 2.38. The molecule has 0 bridgehead atoms. The van der Waals surface area contributed by atoms with Gasteiger partial charge in [0.2, 0.25) is 0 Å². The Morgan fingerprint density at radius 3 is 2.96 bits per heavy atom. The van der Waals surface area contributed by atoms with Crippen molar-refractivity contribution < 1.29 is 9.90 Å². The average molecular weight is 368 g/mol. The van der Waals surface area contributed by atoms with E-state index in [2.05, 4.69) is 26.0 Å². The van der Waals surface area contributed by atoms with Crippen LogP contribution in [0.4, 0.5) is 0 Å². The number of aliphatic hydroxyl groups excluding tert-OH is 1. The highest BCUT2D eigenvalue weighted by molar-refractivity contribution is 7.08. The van der Waals surface area contributed by atoms with E-state index in [9.17, 15) is 9.90 Å². The molecule has 2 aromatic heterocycles. The summed E-state index contributed by atoms with van der Waals surface area (Å²) >= 11 is 1.12. The summed E-state index contributed by atoms with van der Waals surface area (Å²) in [7, 11) is 0. The third-order valence-corrected chi connectivity index (χ3v) is 5.74. The van der Waals surface area contributed by atoms with Crippen molar-refractivity contribution in [3.05, 3.63) is 52.7 Å². The van der Waals surface area contributed by atoms with Gasteiger partial charge in [-0.1, -0.05) is 29.6 Å². The number of amides is 1. The number of nitrogens with one attached hydrogen (secondary N) is 1. The van der Waals surface area contributed by atoms with Gasteiger partial charge in [-0.2, -0.15) is 0 Å². The van der Waals surface area contributed by atoms with Crippen LogP contribution in [0.1, 0.15) is 46.7 Å². The highest BCUT2D eigenvalue weighted by atomic mass is 32.1. The van der Waals surface area contributed by atoms with Crippen molar-refractivity contribution in [3.8, 4) is 0 Å². The first-order valence-corrected chi connectivity index (χ1v) is 9.58. The normalized spacial score (nSPS) is 20.5. The number of pyridine rings is 1. The molecule has 1 fully saturated rings. The predicted molar refractivity (Wildman–Crippen MR) is 100.0 cm³/mol. The molecule has 134 valence electrons. The summed E-state index contributed by atoms with van der Waals surface area (Å²) in [4.78, 5) is 17.9. The molecule has 4 rings (SSSR count). The molecule has 0 unspecified atom stereocenters. The maximum Gasteiger partial charge on any atom is 0.265 e. The molecule has 1 amide bonds. The van der Waals surface area contributed by atoms with Gasteiger partial charge in [0.1, 0.15) is 4.88 Å². The molecule has 0 saturated heterocycles. The van der Waals surface area contributed by atoms with Gasteiger partial charge in [-0.3, -0.25) is 9.78 Å². The van der Waals surface area contributed by atoms with E-state index in [4.69, 9.17) is 0 Å². The van der Waals surface area contributed by atoms with Gasteiger partial charge in [-0.15, -0.1) is 5.10 Å². The lowest BCUT2D eigenvalue weighted by molar-refractivity contribution is 0.0235. The standard InChI is InChI=1S/C19H20N4O2S/c1-2-15-18(26-23-22-15)19(25)21-17(12-8-14(24)9-12)13-7-11-5-3-4-6-16(11)20-10-13/h3-7,10,12,14,17,24H,2,8-9H2,1H3,(H,21,25)/t12?,14?,17-/m1/s1. The number of aliphatic hydroxyl groups is 1. The predicted octanol–water partition coefficient (Wildman–Crippen LogP) is 2.89. The quantitative estimate of drug-likeness (QED) is 0.723. The van der Waals surface area contributed by atoms with Crippen LogP contribution < -0.4 is 5.32 Å². The molecule has 1 atom stereocenters. The Bertz CT molecular complexity index is 936. The van der Waals surface area contributed by atoms with E-state index in [0.717, 1.165) is 33.7 Å². The molecule has 7 heteroatoms. The lowest BCUT2D eigenvalue weighted by atomic mass is 9.75. The van der Waals surface area contributed by atoms with Crippen molar-refractivity contribution in [1.29, 1.82) is 0 Å². The molecule has 0 aliphatic heterocycles. The highest BCUT2D eigenvalue weighted by Gasteiger charge is 2.36. The van der Waals surface area contributed by atoms with E-state index in [1.165, 1.54) is 0 Å². The monoisotopic (exact) mass is 368 g/mol. The van der Waals surface area contributed by atoms with E-state index in [0.29, 0.717) is 24.1 Å². The molecule has 1 saturated carbocycles. The zero-order valence-electron chi connectivity index (χ0n) is 14.4. The molecule has 1 aliphatic rings.